The third kappa shape index (κ3) is 2.17. The van der Waals surface area contributed by atoms with Gasteiger partial charge in [-0.05, 0) is 0 Å². The van der Waals surface area contributed by atoms with Crippen molar-refractivity contribution in [2.75, 3.05) is 0 Å². The van der Waals surface area contributed by atoms with E-state index in [1.165, 1.54) is 0 Å². The van der Waals surface area contributed by atoms with E-state index in [1.54, 1.807) is 0 Å². The minimum Gasteiger partial charge on any atom is -0.743 e. The van der Waals surface area contributed by atoms with E-state index < -0.39 is 33.4 Å². The maximum Gasteiger partial charge on any atom is 0.438 e. The Labute approximate surface area is 87.0 Å². The van der Waals surface area contributed by atoms with Crippen LogP contribution in [0, 0.1) is 0 Å². The molecule has 0 aromatic rings. The lowest BCUT2D eigenvalue weighted by atomic mass is 10.1. The number of alkyl halides is 9. The summed E-state index contributed by atoms with van der Waals surface area (Å²) in [4.78, 5) is 0. The molecule has 0 spiro atoms. The second-order valence-corrected chi connectivity index (χ2v) is 4.05. The molecule has 0 atom stereocenters. The highest BCUT2D eigenvalue weighted by atomic mass is 32.2. The molecule has 0 unspecified atom stereocenters. The van der Waals surface area contributed by atoms with Gasteiger partial charge in [0.05, 0.1) is 0 Å². The molecule has 0 heterocycles. The Morgan fingerprint density at radius 1 is 0.706 bits per heavy atom. The molecule has 0 aliphatic carbocycles. The molecule has 0 fully saturated rings. The van der Waals surface area contributed by atoms with Crippen LogP contribution in [0.2, 0.25) is 0 Å². The number of hydrogen-bond acceptors (Lipinski definition) is 3. The smallest absolute Gasteiger partial charge is 0.438 e. The van der Waals surface area contributed by atoms with Crippen molar-refractivity contribution in [1.82, 2.24) is 0 Å². The van der Waals surface area contributed by atoms with E-state index in [0.29, 0.717) is 0 Å². The van der Waals surface area contributed by atoms with Gasteiger partial charge >= 0.3 is 23.3 Å². The summed E-state index contributed by atoms with van der Waals surface area (Å²) in [7, 11) is -7.52. The van der Waals surface area contributed by atoms with E-state index in [2.05, 4.69) is 0 Å². The molecule has 13 heteroatoms. The molecule has 0 aromatic carbocycles. The molecule has 3 nitrogen and oxygen atoms in total. The van der Waals surface area contributed by atoms with Gasteiger partial charge in [-0.1, -0.05) is 0 Å². The molecule has 0 saturated carbocycles. The highest BCUT2D eigenvalue weighted by molar-refractivity contribution is 7.86. The first kappa shape index (κ1) is 16.3. The summed E-state index contributed by atoms with van der Waals surface area (Å²) in [5.41, 5.74) is -7.48. The number of hydrogen-bond donors (Lipinski definition) is 0. The average molecular weight is 299 g/mol. The summed E-state index contributed by atoms with van der Waals surface area (Å²) in [5, 5.41) is -7.24. The minimum absolute atomic E-state index is 7.24. The van der Waals surface area contributed by atoms with Crippen molar-refractivity contribution in [3.63, 3.8) is 0 Å². The lowest BCUT2D eigenvalue weighted by Gasteiger charge is -2.36. The second-order valence-electron chi connectivity index (χ2n) is 2.62. The molecule has 0 aliphatic rings. The van der Waals surface area contributed by atoms with Gasteiger partial charge in [0.15, 0.2) is 10.1 Å². The normalized spacial score (nSPS) is 16.1. The molecule has 0 rings (SSSR count). The van der Waals surface area contributed by atoms with Crippen LogP contribution < -0.4 is 0 Å². The van der Waals surface area contributed by atoms with Gasteiger partial charge in [-0.3, -0.25) is 0 Å². The third-order valence-electron chi connectivity index (χ3n) is 1.50. The standard InChI is InChI=1S/C4HF9O3S/c5-1(2(6,7)8,3(9,10)11)4(12,13)17(14,15)16/h(H,14,15,16)/p-1. The zero-order chi connectivity index (χ0) is 14.5. The Kier molecular flexibility index (Phi) is 3.48. The van der Waals surface area contributed by atoms with Crippen LogP contribution in [0.3, 0.4) is 0 Å². The van der Waals surface area contributed by atoms with E-state index in [0.717, 1.165) is 0 Å². The first-order valence-electron chi connectivity index (χ1n) is 3.15. The van der Waals surface area contributed by atoms with E-state index in [4.69, 9.17) is 0 Å². The van der Waals surface area contributed by atoms with E-state index in [1.807, 2.05) is 0 Å². The predicted molar refractivity (Wildman–Crippen MR) is 30.6 cm³/mol. The Morgan fingerprint density at radius 2 is 0.941 bits per heavy atom. The number of rotatable bonds is 2. The van der Waals surface area contributed by atoms with E-state index >= 15 is 0 Å². The van der Waals surface area contributed by atoms with Crippen LogP contribution in [0.25, 0.3) is 0 Å². The summed E-state index contributed by atoms with van der Waals surface area (Å²) in [6.45, 7) is 0. The second kappa shape index (κ2) is 3.63. The molecule has 104 valence electrons. The molecule has 0 bridgehead atoms. The first-order chi connectivity index (χ1) is 7.00. The largest absolute Gasteiger partial charge is 0.743 e. The van der Waals surface area contributed by atoms with Crippen LogP contribution in [0.4, 0.5) is 39.5 Å². The van der Waals surface area contributed by atoms with Gasteiger partial charge in [-0.2, -0.15) is 35.1 Å². The lowest BCUT2D eigenvalue weighted by Crippen LogP contribution is -2.66. The van der Waals surface area contributed by atoms with E-state index in [-0.39, 0.29) is 0 Å². The van der Waals surface area contributed by atoms with Gasteiger partial charge in [0.2, 0.25) is 0 Å². The van der Waals surface area contributed by atoms with E-state index in [9.17, 15) is 52.5 Å². The fourth-order valence-electron chi connectivity index (χ4n) is 0.663. The van der Waals surface area contributed by atoms with Crippen LogP contribution in [0.15, 0.2) is 0 Å². The number of halogens is 9. The molecule has 0 aliphatic heterocycles. The molecule has 0 aromatic heterocycles. The average Bonchev–Trinajstić information content (AvgIpc) is 1.95. The summed E-state index contributed by atoms with van der Waals surface area (Å²) < 4.78 is 136. The van der Waals surface area contributed by atoms with Crippen molar-refractivity contribution < 1.29 is 52.5 Å². The van der Waals surface area contributed by atoms with Gasteiger partial charge in [0.1, 0.15) is 0 Å². The monoisotopic (exact) mass is 299 g/mol. The Morgan fingerprint density at radius 3 is 1.00 bits per heavy atom. The van der Waals surface area contributed by atoms with Crippen molar-refractivity contribution in [3.05, 3.63) is 0 Å². The predicted octanol–water partition coefficient (Wildman–Crippen LogP) is 1.96. The summed E-state index contributed by atoms with van der Waals surface area (Å²) in [5.74, 6) is 0. The summed E-state index contributed by atoms with van der Waals surface area (Å²) >= 11 is 0. The molecule has 0 amide bonds. The zero-order valence-electron chi connectivity index (χ0n) is 7.03. The van der Waals surface area contributed by atoms with Crippen molar-refractivity contribution in [2.24, 2.45) is 0 Å². The van der Waals surface area contributed by atoms with Gasteiger partial charge in [0.25, 0.3) is 0 Å². The summed E-state index contributed by atoms with van der Waals surface area (Å²) in [6, 6.07) is 0. The SMILES string of the molecule is O=S(=O)([O-])C(F)(F)C(F)(C(F)(F)F)C(F)(F)F. The van der Waals surface area contributed by atoms with Crippen molar-refractivity contribution in [3.8, 4) is 0 Å². The van der Waals surface area contributed by atoms with Crippen molar-refractivity contribution in [2.45, 2.75) is 23.3 Å². The summed E-state index contributed by atoms with van der Waals surface area (Å²) in [6.07, 6.45) is -14.7. The van der Waals surface area contributed by atoms with Crippen molar-refractivity contribution in [1.29, 1.82) is 0 Å². The maximum absolute atomic E-state index is 12.5. The lowest BCUT2D eigenvalue weighted by molar-refractivity contribution is -0.380. The highest BCUT2D eigenvalue weighted by Gasteiger charge is 2.86. The maximum atomic E-state index is 12.5. The molecular formula is C4F9O3S-. The Bertz CT molecular complexity index is 375. The fraction of sp³-hybridized carbons (Fsp3) is 1.00. The van der Waals surface area contributed by atoms with Crippen LogP contribution in [-0.4, -0.2) is 36.2 Å². The fourth-order valence-corrected chi connectivity index (χ4v) is 1.24. The van der Waals surface area contributed by atoms with Crippen molar-refractivity contribution >= 4 is 10.1 Å². The Hall–Kier alpha value is -0.720. The minimum atomic E-state index is -7.52. The molecule has 17 heavy (non-hydrogen) atoms. The Balaban J connectivity index is 6.23. The van der Waals surface area contributed by atoms with Crippen LogP contribution >= 0.6 is 0 Å². The van der Waals surface area contributed by atoms with Gasteiger partial charge in [-0.15, -0.1) is 0 Å². The first-order valence-corrected chi connectivity index (χ1v) is 4.56. The highest BCUT2D eigenvalue weighted by Crippen LogP contribution is 2.56. The van der Waals surface area contributed by atoms with Crippen LogP contribution in [0.5, 0.6) is 0 Å². The van der Waals surface area contributed by atoms with Gasteiger partial charge < -0.3 is 4.55 Å². The quantitative estimate of drug-likeness (QED) is 0.578. The third-order valence-corrected chi connectivity index (χ3v) is 2.41. The van der Waals surface area contributed by atoms with Gasteiger partial charge in [-0.25, -0.2) is 12.8 Å². The molecule has 0 N–H and O–H groups in total. The molecular weight excluding hydrogens is 299 g/mol. The molecule has 0 saturated heterocycles. The zero-order valence-corrected chi connectivity index (χ0v) is 7.85. The van der Waals surface area contributed by atoms with Gasteiger partial charge in [0, 0.05) is 0 Å². The molecule has 0 radical (unpaired) electrons. The van der Waals surface area contributed by atoms with Crippen LogP contribution in [-0.2, 0) is 10.1 Å². The topological polar surface area (TPSA) is 57.2 Å². The van der Waals surface area contributed by atoms with Crippen LogP contribution in [0.1, 0.15) is 0 Å².